The minimum Gasteiger partial charge on any atom is -0.313 e. The van der Waals surface area contributed by atoms with E-state index in [9.17, 15) is 4.21 Å². The minimum atomic E-state index is -2.81. The van der Waals surface area contributed by atoms with Gasteiger partial charge in [-0.1, -0.05) is 6.07 Å². The van der Waals surface area contributed by atoms with Gasteiger partial charge in [0.15, 0.2) is 0 Å². The van der Waals surface area contributed by atoms with Gasteiger partial charge >= 0.3 is 0 Å². The molecule has 0 aliphatic rings. The third-order valence-electron chi connectivity index (χ3n) is 1.03. The van der Waals surface area contributed by atoms with Gasteiger partial charge < -0.3 is 4.55 Å². The molecular formula is C7H9NO2S. The molecule has 0 amide bonds. The van der Waals surface area contributed by atoms with Crippen molar-refractivity contribution in [3.8, 4) is 0 Å². The van der Waals surface area contributed by atoms with Crippen molar-refractivity contribution in [2.24, 2.45) is 0 Å². The fourth-order valence-electron chi connectivity index (χ4n) is 0.670. The molecule has 1 N–H and O–H groups in total. The van der Waals surface area contributed by atoms with Gasteiger partial charge in [0.1, 0.15) is 0 Å². The molecule has 1 aromatic heterocycles. The molecule has 0 bridgehead atoms. The van der Waals surface area contributed by atoms with E-state index in [4.69, 9.17) is 4.55 Å². The second-order valence-corrected chi connectivity index (χ2v) is 4.19. The molecule has 4 heteroatoms. The summed E-state index contributed by atoms with van der Waals surface area (Å²) in [7, 11) is -2.81. The van der Waals surface area contributed by atoms with Crippen molar-refractivity contribution in [3.05, 3.63) is 30.1 Å². The summed E-state index contributed by atoms with van der Waals surface area (Å²) >= 11 is 0. The van der Waals surface area contributed by atoms with E-state index in [1.165, 1.54) is 11.6 Å². The Bertz CT molecular complexity index is 331. The van der Waals surface area contributed by atoms with Crippen LogP contribution >= 0.6 is 0 Å². The fraction of sp³-hybridized carbons (Fsp3) is 0.143. The zero-order valence-corrected chi connectivity index (χ0v) is 6.91. The number of aromatic nitrogens is 1. The quantitative estimate of drug-likeness (QED) is 0.630. The van der Waals surface area contributed by atoms with Crippen LogP contribution < -0.4 is 0 Å². The first-order valence-electron chi connectivity index (χ1n) is 3.05. The van der Waals surface area contributed by atoms with E-state index >= 15 is 0 Å². The van der Waals surface area contributed by atoms with Gasteiger partial charge in [-0.2, -0.15) is 0 Å². The Hall–Kier alpha value is -0.870. The lowest BCUT2D eigenvalue weighted by Crippen LogP contribution is -2.00. The number of nitrogens with zero attached hydrogens (tertiary/aromatic N) is 1. The first kappa shape index (κ1) is 8.23. The first-order valence-corrected chi connectivity index (χ1v) is 5.04. The molecule has 1 unspecified atom stereocenters. The Morgan fingerprint density at radius 1 is 1.64 bits per heavy atom. The highest BCUT2D eigenvalue weighted by molar-refractivity contribution is 7.95. The van der Waals surface area contributed by atoms with Crippen LogP contribution in [0, 0.1) is 0 Å². The smallest absolute Gasteiger partial charge is 0.0806 e. The highest BCUT2D eigenvalue weighted by atomic mass is 32.2. The normalized spacial score (nSPS) is 15.5. The van der Waals surface area contributed by atoms with Gasteiger partial charge in [-0.05, 0) is 12.1 Å². The molecular weight excluding hydrogens is 162 g/mol. The summed E-state index contributed by atoms with van der Waals surface area (Å²) in [6.45, 7) is 0. The van der Waals surface area contributed by atoms with Crippen LogP contribution in [-0.4, -0.2) is 25.4 Å². The van der Waals surface area contributed by atoms with E-state index in [1.54, 1.807) is 24.4 Å². The predicted molar refractivity (Wildman–Crippen MR) is 46.1 cm³/mol. The first-order chi connectivity index (χ1) is 5.08. The predicted octanol–water partition coefficient (Wildman–Crippen LogP) is 0.619. The molecule has 1 rings (SSSR count). The van der Waals surface area contributed by atoms with E-state index in [2.05, 4.69) is 4.98 Å². The van der Waals surface area contributed by atoms with Crippen molar-refractivity contribution in [3.63, 3.8) is 0 Å². The van der Waals surface area contributed by atoms with Gasteiger partial charge in [-0.3, -0.25) is 4.98 Å². The highest BCUT2D eigenvalue weighted by Gasteiger charge is 1.91. The molecule has 0 fully saturated rings. The number of hydrogen-bond donors (Lipinski definition) is 1. The summed E-state index contributed by atoms with van der Waals surface area (Å²) in [5.41, 5.74) is 0.530. The van der Waals surface area contributed by atoms with Crippen LogP contribution in [-0.2, 0) is 9.80 Å². The van der Waals surface area contributed by atoms with Crippen molar-refractivity contribution in [1.82, 2.24) is 4.98 Å². The van der Waals surface area contributed by atoms with E-state index in [1.807, 2.05) is 0 Å². The van der Waals surface area contributed by atoms with Crippen LogP contribution in [0.4, 0.5) is 0 Å². The summed E-state index contributed by atoms with van der Waals surface area (Å²) < 4.78 is 19.7. The number of rotatable bonds is 1. The van der Waals surface area contributed by atoms with Crippen molar-refractivity contribution in [2.75, 3.05) is 6.26 Å². The van der Waals surface area contributed by atoms with Crippen LogP contribution in [0.2, 0.25) is 0 Å². The van der Waals surface area contributed by atoms with Crippen LogP contribution in [0.15, 0.2) is 24.4 Å². The second-order valence-electron chi connectivity index (χ2n) is 2.23. The third kappa shape index (κ3) is 3.15. The fourth-order valence-corrected chi connectivity index (χ4v) is 1.26. The summed E-state index contributed by atoms with van der Waals surface area (Å²) in [5.74, 6) is 0. The third-order valence-corrected chi connectivity index (χ3v) is 1.71. The van der Waals surface area contributed by atoms with Crippen molar-refractivity contribution in [2.45, 2.75) is 0 Å². The molecule has 0 aromatic carbocycles. The lowest BCUT2D eigenvalue weighted by atomic mass is 10.4. The minimum absolute atomic E-state index is 0.530. The highest BCUT2D eigenvalue weighted by Crippen LogP contribution is 1.89. The van der Waals surface area contributed by atoms with Gasteiger partial charge in [0.25, 0.3) is 0 Å². The molecule has 0 spiro atoms. The molecule has 0 saturated heterocycles. The maximum atomic E-state index is 10.8. The molecule has 11 heavy (non-hydrogen) atoms. The van der Waals surface area contributed by atoms with Crippen LogP contribution in [0.3, 0.4) is 0 Å². The second kappa shape index (κ2) is 3.02. The van der Waals surface area contributed by atoms with Crippen LogP contribution in [0.1, 0.15) is 5.69 Å². The standard InChI is InChI=1S/C7H9NO2S/c1-11(9,10)6-7-4-2-3-5-8-7/h2-6H,1H3,(H,9,10). The molecule has 0 saturated carbocycles. The molecule has 0 radical (unpaired) electrons. The molecule has 0 aliphatic heterocycles. The number of hydrogen-bond acceptors (Lipinski definition) is 2. The molecule has 1 aromatic rings. The van der Waals surface area contributed by atoms with E-state index in [-0.39, 0.29) is 0 Å². The Morgan fingerprint density at radius 3 is 2.82 bits per heavy atom. The van der Waals surface area contributed by atoms with E-state index in [0.29, 0.717) is 5.69 Å². The van der Waals surface area contributed by atoms with Crippen molar-refractivity contribution < 1.29 is 8.76 Å². The van der Waals surface area contributed by atoms with Gasteiger partial charge in [0, 0.05) is 17.8 Å². The molecule has 0 aliphatic carbocycles. The average Bonchev–Trinajstić information content (AvgIpc) is 1.85. The van der Waals surface area contributed by atoms with Gasteiger partial charge in [-0.15, -0.1) is 0 Å². The Kier molecular flexibility index (Phi) is 2.26. The Morgan fingerprint density at radius 2 is 2.36 bits per heavy atom. The van der Waals surface area contributed by atoms with E-state index in [0.717, 1.165) is 0 Å². The monoisotopic (exact) mass is 171 g/mol. The van der Waals surface area contributed by atoms with Gasteiger partial charge in [-0.25, -0.2) is 4.21 Å². The van der Waals surface area contributed by atoms with Gasteiger partial charge in [0.05, 0.1) is 15.5 Å². The lowest BCUT2D eigenvalue weighted by Gasteiger charge is -1.92. The molecule has 1 heterocycles. The molecule has 3 nitrogen and oxygen atoms in total. The zero-order chi connectivity index (χ0) is 8.32. The Labute approximate surface area is 65.9 Å². The maximum absolute atomic E-state index is 10.8. The summed E-state index contributed by atoms with van der Waals surface area (Å²) in [6.07, 6.45) is 2.83. The zero-order valence-electron chi connectivity index (χ0n) is 6.10. The lowest BCUT2D eigenvalue weighted by molar-refractivity contribution is 0.566. The summed E-state index contributed by atoms with van der Waals surface area (Å²) in [5, 5.41) is 1.24. The van der Waals surface area contributed by atoms with E-state index < -0.39 is 9.80 Å². The summed E-state index contributed by atoms with van der Waals surface area (Å²) in [4.78, 5) is 3.87. The molecule has 1 atom stereocenters. The van der Waals surface area contributed by atoms with Crippen LogP contribution in [0.25, 0.3) is 0 Å². The SMILES string of the molecule is CS(=O)(O)=Cc1ccccn1. The average molecular weight is 171 g/mol. The Balaban J connectivity index is 3.08. The summed E-state index contributed by atoms with van der Waals surface area (Å²) in [6, 6.07) is 5.20. The van der Waals surface area contributed by atoms with Crippen molar-refractivity contribution in [1.29, 1.82) is 0 Å². The molecule has 60 valence electrons. The van der Waals surface area contributed by atoms with Gasteiger partial charge in [0.2, 0.25) is 0 Å². The number of pyridine rings is 1. The van der Waals surface area contributed by atoms with Crippen molar-refractivity contribution >= 4 is 15.2 Å². The van der Waals surface area contributed by atoms with Crippen LogP contribution in [0.5, 0.6) is 0 Å². The largest absolute Gasteiger partial charge is 0.313 e. The maximum Gasteiger partial charge on any atom is 0.0806 e. The topological polar surface area (TPSA) is 50.2 Å².